The number of aromatic hydroxyl groups is 1. The Kier molecular flexibility index (Phi) is 4.94. The molecule has 0 aromatic heterocycles. The zero-order valence-electron chi connectivity index (χ0n) is 10.4. The van der Waals surface area contributed by atoms with E-state index >= 15 is 0 Å². The maximum absolute atomic E-state index is 11.2. The Morgan fingerprint density at radius 1 is 1.33 bits per heavy atom. The number of nitrogens with one attached hydrogen (secondary N) is 1. The molecule has 0 radical (unpaired) electrons. The average molecular weight is 245 g/mol. The van der Waals surface area contributed by atoms with Crippen LogP contribution < -0.4 is 5.32 Å². The normalized spacial score (nSPS) is 9.22. The minimum atomic E-state index is -0.200. The molecule has 1 amide bonds. The molecule has 0 spiro atoms. The molecule has 0 atom stereocenters. The number of phenolic OH excluding ortho intramolecular Hbond substituents is 1. The van der Waals surface area contributed by atoms with Crippen LogP contribution >= 0.6 is 0 Å². The van der Waals surface area contributed by atoms with Crippen molar-refractivity contribution >= 4 is 11.7 Å². The molecule has 4 heteroatoms. The fourth-order valence-electron chi connectivity index (χ4n) is 1.36. The topological polar surface area (TPSA) is 66.4 Å². The van der Waals surface area contributed by atoms with Crippen molar-refractivity contribution in [2.75, 3.05) is 6.54 Å². The lowest BCUT2D eigenvalue weighted by molar-refractivity contribution is -0.118. The van der Waals surface area contributed by atoms with Crippen molar-refractivity contribution in [2.45, 2.75) is 20.3 Å². The summed E-state index contributed by atoms with van der Waals surface area (Å²) >= 11 is 0. The van der Waals surface area contributed by atoms with Crippen molar-refractivity contribution in [1.82, 2.24) is 5.32 Å². The Morgan fingerprint density at radius 3 is 2.67 bits per heavy atom. The molecule has 1 rings (SSSR count). The fraction of sp³-hybridized carbons (Fsp3) is 0.286. The predicted octanol–water partition coefficient (Wildman–Crippen LogP) is 1.47. The number of rotatable bonds is 3. The second-order valence-corrected chi connectivity index (χ2v) is 3.82. The number of carbonyl (C=O) groups excluding carboxylic acids is 2. The van der Waals surface area contributed by atoms with Gasteiger partial charge < -0.3 is 10.4 Å². The molecule has 0 saturated carbocycles. The van der Waals surface area contributed by atoms with E-state index in [0.29, 0.717) is 18.5 Å². The van der Waals surface area contributed by atoms with Gasteiger partial charge in [0, 0.05) is 25.5 Å². The number of amides is 1. The van der Waals surface area contributed by atoms with Crippen molar-refractivity contribution < 1.29 is 14.7 Å². The quantitative estimate of drug-likeness (QED) is 0.481. The van der Waals surface area contributed by atoms with Gasteiger partial charge in [0.1, 0.15) is 5.75 Å². The lowest BCUT2D eigenvalue weighted by atomic mass is 10.1. The van der Waals surface area contributed by atoms with Crippen molar-refractivity contribution in [1.29, 1.82) is 0 Å². The molecular weight excluding hydrogens is 230 g/mol. The van der Waals surface area contributed by atoms with Crippen LogP contribution in [-0.2, 0) is 4.79 Å². The zero-order valence-corrected chi connectivity index (χ0v) is 10.4. The summed E-state index contributed by atoms with van der Waals surface area (Å²) in [5.41, 5.74) is 0.935. The van der Waals surface area contributed by atoms with E-state index < -0.39 is 0 Å². The van der Waals surface area contributed by atoms with Crippen LogP contribution in [0.2, 0.25) is 0 Å². The number of Topliss-reactive ketones (excluding diaryl/α,β-unsaturated/α-hetero) is 1. The van der Waals surface area contributed by atoms with Gasteiger partial charge in [0.15, 0.2) is 5.78 Å². The minimum absolute atomic E-state index is 0.0358. The predicted molar refractivity (Wildman–Crippen MR) is 68.3 cm³/mol. The highest BCUT2D eigenvalue weighted by Gasteiger charge is 2.05. The average Bonchev–Trinajstić information content (AvgIpc) is 2.30. The first kappa shape index (κ1) is 13.8. The Labute approximate surface area is 106 Å². The smallest absolute Gasteiger partial charge is 0.216 e. The number of ketones is 1. The van der Waals surface area contributed by atoms with E-state index in [4.69, 9.17) is 0 Å². The Morgan fingerprint density at radius 2 is 2.06 bits per heavy atom. The van der Waals surface area contributed by atoms with Gasteiger partial charge in [0.25, 0.3) is 0 Å². The standard InChI is InChI=1S/C14H15NO3/c1-10(16)13-9-12(6-7-14(13)18)5-3-4-8-15-11(2)17/h6-7,9,18H,4,8H2,1-2H3,(H,15,17). The van der Waals surface area contributed by atoms with E-state index in [1.807, 2.05) is 0 Å². The van der Waals surface area contributed by atoms with Gasteiger partial charge in [-0.25, -0.2) is 0 Å². The van der Waals surface area contributed by atoms with Crippen LogP contribution in [0.25, 0.3) is 0 Å². The summed E-state index contributed by atoms with van der Waals surface area (Å²) in [6.45, 7) is 3.34. The summed E-state index contributed by atoms with van der Waals surface area (Å²) in [6, 6.07) is 4.66. The SMILES string of the molecule is CC(=O)NCCC#Cc1ccc(O)c(C(C)=O)c1. The largest absolute Gasteiger partial charge is 0.507 e. The molecule has 0 fully saturated rings. The van der Waals surface area contributed by atoms with E-state index in [1.165, 1.54) is 19.9 Å². The van der Waals surface area contributed by atoms with Crippen LogP contribution in [0.15, 0.2) is 18.2 Å². The van der Waals surface area contributed by atoms with Crippen LogP contribution in [0.4, 0.5) is 0 Å². The summed E-state index contributed by atoms with van der Waals surface area (Å²) < 4.78 is 0. The molecular formula is C14H15NO3. The van der Waals surface area contributed by atoms with Crippen LogP contribution in [0.5, 0.6) is 5.75 Å². The molecule has 94 valence electrons. The van der Waals surface area contributed by atoms with Crippen molar-refractivity contribution in [3.05, 3.63) is 29.3 Å². The first-order valence-electron chi connectivity index (χ1n) is 5.58. The van der Waals surface area contributed by atoms with Crippen molar-refractivity contribution in [3.8, 4) is 17.6 Å². The lowest BCUT2D eigenvalue weighted by Gasteiger charge is -2.00. The number of benzene rings is 1. The number of carbonyl (C=O) groups is 2. The maximum Gasteiger partial charge on any atom is 0.216 e. The van der Waals surface area contributed by atoms with Gasteiger partial charge in [-0.2, -0.15) is 0 Å². The van der Waals surface area contributed by atoms with E-state index in [2.05, 4.69) is 17.2 Å². The molecule has 4 nitrogen and oxygen atoms in total. The van der Waals surface area contributed by atoms with Gasteiger partial charge in [-0.1, -0.05) is 11.8 Å². The monoisotopic (exact) mass is 245 g/mol. The third kappa shape index (κ3) is 4.30. The Balaban J connectivity index is 2.68. The minimum Gasteiger partial charge on any atom is -0.507 e. The molecule has 2 N–H and O–H groups in total. The van der Waals surface area contributed by atoms with Gasteiger partial charge in [-0.05, 0) is 25.1 Å². The summed E-state index contributed by atoms with van der Waals surface area (Å²) in [5, 5.41) is 12.1. The maximum atomic E-state index is 11.2. The second-order valence-electron chi connectivity index (χ2n) is 3.82. The summed E-state index contributed by atoms with van der Waals surface area (Å²) in [6.07, 6.45) is 0.538. The fourth-order valence-corrected chi connectivity index (χ4v) is 1.36. The molecule has 0 bridgehead atoms. The number of phenols is 1. The molecule has 0 aliphatic heterocycles. The molecule has 18 heavy (non-hydrogen) atoms. The highest BCUT2D eigenvalue weighted by molar-refractivity contribution is 5.97. The first-order chi connectivity index (χ1) is 8.50. The van der Waals surface area contributed by atoms with E-state index in [-0.39, 0.29) is 23.0 Å². The molecule has 0 aliphatic carbocycles. The third-order valence-corrected chi connectivity index (χ3v) is 2.23. The summed E-state index contributed by atoms with van der Waals surface area (Å²) in [7, 11) is 0. The second kappa shape index (κ2) is 6.45. The molecule has 0 aliphatic rings. The van der Waals surface area contributed by atoms with Crippen molar-refractivity contribution in [3.63, 3.8) is 0 Å². The van der Waals surface area contributed by atoms with Gasteiger partial charge in [-0.15, -0.1) is 0 Å². The summed E-state index contributed by atoms with van der Waals surface area (Å²) in [5.74, 6) is 5.44. The molecule has 1 aromatic carbocycles. The third-order valence-electron chi connectivity index (χ3n) is 2.23. The Bertz CT molecular complexity index is 524. The highest BCUT2D eigenvalue weighted by Crippen LogP contribution is 2.18. The Hall–Kier alpha value is -2.28. The van der Waals surface area contributed by atoms with Crippen LogP contribution in [0, 0.1) is 11.8 Å². The van der Waals surface area contributed by atoms with Gasteiger partial charge >= 0.3 is 0 Å². The van der Waals surface area contributed by atoms with Crippen LogP contribution in [0.1, 0.15) is 36.2 Å². The highest BCUT2D eigenvalue weighted by atomic mass is 16.3. The van der Waals surface area contributed by atoms with Crippen molar-refractivity contribution in [2.24, 2.45) is 0 Å². The molecule has 0 unspecified atom stereocenters. The first-order valence-corrected chi connectivity index (χ1v) is 5.58. The molecule has 0 saturated heterocycles. The van der Waals surface area contributed by atoms with Gasteiger partial charge in [0.2, 0.25) is 5.91 Å². The number of hydrogen-bond donors (Lipinski definition) is 2. The van der Waals surface area contributed by atoms with Crippen LogP contribution in [0.3, 0.4) is 0 Å². The van der Waals surface area contributed by atoms with E-state index in [9.17, 15) is 14.7 Å². The molecule has 1 aromatic rings. The molecule has 0 heterocycles. The summed E-state index contributed by atoms with van der Waals surface area (Å²) in [4.78, 5) is 21.8. The van der Waals surface area contributed by atoms with E-state index in [0.717, 1.165) is 0 Å². The zero-order chi connectivity index (χ0) is 13.5. The van der Waals surface area contributed by atoms with E-state index in [1.54, 1.807) is 12.1 Å². The van der Waals surface area contributed by atoms with Gasteiger partial charge in [0.05, 0.1) is 5.56 Å². The lowest BCUT2D eigenvalue weighted by Crippen LogP contribution is -2.20. The van der Waals surface area contributed by atoms with Crippen LogP contribution in [-0.4, -0.2) is 23.3 Å². The number of hydrogen-bond acceptors (Lipinski definition) is 3. The van der Waals surface area contributed by atoms with Gasteiger partial charge in [-0.3, -0.25) is 9.59 Å².